The maximum absolute atomic E-state index is 12.2. The summed E-state index contributed by atoms with van der Waals surface area (Å²) in [6, 6.07) is 8.47. The number of urea groups is 1. The molecular weight excluding hydrogens is 400 g/mol. The summed E-state index contributed by atoms with van der Waals surface area (Å²) in [4.78, 5) is 25.8. The minimum atomic E-state index is -0.337. The number of aromatic nitrogens is 2. The lowest BCUT2D eigenvalue weighted by Gasteiger charge is -2.36. The average Bonchev–Trinajstić information content (AvgIpc) is 2.78. The van der Waals surface area contributed by atoms with Crippen LogP contribution in [-0.4, -0.2) is 47.1 Å². The van der Waals surface area contributed by atoms with Crippen LogP contribution in [0.15, 0.2) is 24.3 Å². The zero-order chi connectivity index (χ0) is 22.7. The van der Waals surface area contributed by atoms with Crippen LogP contribution in [0.5, 0.6) is 0 Å². The first-order valence-electron chi connectivity index (χ1n) is 11.9. The highest BCUT2D eigenvalue weighted by Crippen LogP contribution is 2.30. The number of rotatable bonds is 6. The number of carbonyl (C=O) groups excluding carboxylic acids is 1. The first-order chi connectivity index (χ1) is 15.4. The number of anilines is 2. The monoisotopic (exact) mass is 436 g/mol. The minimum Gasteiger partial charge on any atom is -0.362 e. The number of amides is 2. The highest BCUT2D eigenvalue weighted by Gasteiger charge is 2.29. The molecule has 0 spiro atoms. The second-order valence-corrected chi connectivity index (χ2v) is 9.50. The van der Waals surface area contributed by atoms with E-state index in [1.165, 1.54) is 29.7 Å². The molecule has 32 heavy (non-hydrogen) atoms. The molecule has 1 aromatic heterocycles. The summed E-state index contributed by atoms with van der Waals surface area (Å²) < 4.78 is 0. The number of hydrogen-bond acceptors (Lipinski definition) is 5. The van der Waals surface area contributed by atoms with Gasteiger partial charge in [-0.15, -0.1) is 0 Å². The van der Waals surface area contributed by atoms with Gasteiger partial charge in [-0.2, -0.15) is 4.98 Å². The predicted octanol–water partition coefficient (Wildman–Crippen LogP) is 4.03. The molecule has 2 amide bonds. The van der Waals surface area contributed by atoms with Gasteiger partial charge in [0.15, 0.2) is 0 Å². The van der Waals surface area contributed by atoms with Crippen molar-refractivity contribution in [1.82, 2.24) is 14.9 Å². The fraction of sp³-hybridized carbons (Fsp3) is 0.560. The molecular formula is C25H36N6O. The molecule has 7 nitrogen and oxygen atoms in total. The van der Waals surface area contributed by atoms with E-state index in [1.54, 1.807) is 0 Å². The van der Waals surface area contributed by atoms with Crippen LogP contribution in [0, 0.1) is 6.92 Å². The van der Waals surface area contributed by atoms with Gasteiger partial charge in [0.05, 0.1) is 5.69 Å². The summed E-state index contributed by atoms with van der Waals surface area (Å²) in [6.07, 6.45) is 8.32. The third-order valence-electron chi connectivity index (χ3n) is 6.81. The molecule has 0 bridgehead atoms. The molecule has 2 aliphatic rings. The standard InChI is InChI=1S/C25H36N6O/c1-17-8-10-18(11-9-17)16-31(24(26)32)20-14-12-19(13-15-20)27-25-28-22-7-5-4-6-21(22)23(29-25)30(2)3/h8-11,19-20H,4-7,12-16H2,1-3H3,(H2,26,32)(H,27,28,29)/t19-,20+. The molecule has 1 saturated carbocycles. The molecule has 0 unspecified atom stereocenters. The summed E-state index contributed by atoms with van der Waals surface area (Å²) >= 11 is 0. The SMILES string of the molecule is Cc1ccc(CN(C(N)=O)[C@H]2CC[C@@H](Nc3nc4c(c(N(C)C)n3)CCCC4)CC2)cc1. The molecule has 2 aromatic rings. The highest BCUT2D eigenvalue weighted by molar-refractivity contribution is 5.72. The van der Waals surface area contributed by atoms with Crippen molar-refractivity contribution in [2.24, 2.45) is 5.73 Å². The number of nitrogens with two attached hydrogens (primary N) is 1. The molecule has 3 N–H and O–H groups in total. The van der Waals surface area contributed by atoms with Gasteiger partial charge in [0.2, 0.25) is 5.95 Å². The lowest BCUT2D eigenvalue weighted by atomic mass is 9.90. The van der Waals surface area contributed by atoms with Gasteiger partial charge >= 0.3 is 6.03 Å². The maximum Gasteiger partial charge on any atom is 0.315 e. The van der Waals surface area contributed by atoms with E-state index < -0.39 is 0 Å². The third-order valence-corrected chi connectivity index (χ3v) is 6.81. The topological polar surface area (TPSA) is 87.4 Å². The molecule has 0 saturated heterocycles. The minimum absolute atomic E-state index is 0.175. The lowest BCUT2D eigenvalue weighted by molar-refractivity contribution is 0.156. The van der Waals surface area contributed by atoms with Crippen molar-refractivity contribution in [2.75, 3.05) is 24.3 Å². The van der Waals surface area contributed by atoms with Crippen molar-refractivity contribution in [3.05, 3.63) is 46.6 Å². The van der Waals surface area contributed by atoms with E-state index in [0.717, 1.165) is 55.9 Å². The Balaban J connectivity index is 1.39. The van der Waals surface area contributed by atoms with Crippen LogP contribution in [-0.2, 0) is 19.4 Å². The largest absolute Gasteiger partial charge is 0.362 e. The Morgan fingerprint density at radius 3 is 2.41 bits per heavy atom. The van der Waals surface area contributed by atoms with Gasteiger partial charge in [-0.05, 0) is 63.9 Å². The number of hydrogen-bond donors (Lipinski definition) is 2. The predicted molar refractivity (Wildman–Crippen MR) is 129 cm³/mol. The molecule has 0 aliphatic heterocycles. The Kier molecular flexibility index (Phi) is 6.82. The maximum atomic E-state index is 12.2. The Bertz CT molecular complexity index is 934. The van der Waals surface area contributed by atoms with Crippen molar-refractivity contribution in [1.29, 1.82) is 0 Å². The van der Waals surface area contributed by atoms with Crippen LogP contribution in [0.1, 0.15) is 60.9 Å². The summed E-state index contributed by atoms with van der Waals surface area (Å²) in [6.45, 7) is 2.64. The van der Waals surface area contributed by atoms with E-state index >= 15 is 0 Å². The number of benzene rings is 1. The smallest absolute Gasteiger partial charge is 0.315 e. The van der Waals surface area contributed by atoms with Gasteiger partial charge < -0.3 is 20.9 Å². The molecule has 1 aromatic carbocycles. The molecule has 1 heterocycles. The fourth-order valence-corrected chi connectivity index (χ4v) is 5.00. The van der Waals surface area contributed by atoms with Crippen molar-refractivity contribution < 1.29 is 4.79 Å². The van der Waals surface area contributed by atoms with Crippen LogP contribution in [0.2, 0.25) is 0 Å². The fourth-order valence-electron chi connectivity index (χ4n) is 5.00. The number of carbonyl (C=O) groups is 1. The number of primary amides is 1. The summed E-state index contributed by atoms with van der Waals surface area (Å²) in [5, 5.41) is 3.59. The van der Waals surface area contributed by atoms with E-state index in [1.807, 2.05) is 4.90 Å². The molecule has 4 rings (SSSR count). The first-order valence-corrected chi connectivity index (χ1v) is 11.9. The number of nitrogens with zero attached hydrogens (tertiary/aromatic N) is 4. The van der Waals surface area contributed by atoms with Gasteiger partial charge in [-0.25, -0.2) is 9.78 Å². The molecule has 1 fully saturated rings. The first kappa shape index (κ1) is 22.4. The van der Waals surface area contributed by atoms with Crippen molar-refractivity contribution in [3.8, 4) is 0 Å². The molecule has 2 aliphatic carbocycles. The number of aryl methyl sites for hydroxylation is 2. The van der Waals surface area contributed by atoms with Crippen LogP contribution in [0.3, 0.4) is 0 Å². The Hall–Kier alpha value is -2.83. The van der Waals surface area contributed by atoms with E-state index in [2.05, 4.69) is 55.5 Å². The van der Waals surface area contributed by atoms with E-state index in [0.29, 0.717) is 12.6 Å². The van der Waals surface area contributed by atoms with Crippen molar-refractivity contribution in [3.63, 3.8) is 0 Å². The second kappa shape index (κ2) is 9.76. The van der Waals surface area contributed by atoms with Crippen LogP contribution < -0.4 is 16.0 Å². The van der Waals surface area contributed by atoms with Gasteiger partial charge in [-0.1, -0.05) is 29.8 Å². The number of nitrogens with one attached hydrogen (secondary N) is 1. The normalized spacial score (nSPS) is 20.3. The molecule has 0 radical (unpaired) electrons. The molecule has 0 atom stereocenters. The molecule has 172 valence electrons. The Morgan fingerprint density at radius 2 is 1.75 bits per heavy atom. The zero-order valence-corrected chi connectivity index (χ0v) is 19.6. The van der Waals surface area contributed by atoms with Gasteiger partial charge in [0, 0.05) is 38.3 Å². The third kappa shape index (κ3) is 5.14. The van der Waals surface area contributed by atoms with Gasteiger partial charge in [-0.3, -0.25) is 0 Å². The zero-order valence-electron chi connectivity index (χ0n) is 19.6. The molecule has 7 heteroatoms. The van der Waals surface area contributed by atoms with Crippen molar-refractivity contribution in [2.45, 2.75) is 76.9 Å². The van der Waals surface area contributed by atoms with Crippen LogP contribution in [0.4, 0.5) is 16.6 Å². The lowest BCUT2D eigenvalue weighted by Crippen LogP contribution is -2.46. The average molecular weight is 437 g/mol. The summed E-state index contributed by atoms with van der Waals surface area (Å²) in [5.41, 5.74) is 10.6. The van der Waals surface area contributed by atoms with Crippen LogP contribution >= 0.6 is 0 Å². The number of fused-ring (bicyclic) bond motifs is 1. The van der Waals surface area contributed by atoms with E-state index in [9.17, 15) is 4.79 Å². The summed E-state index contributed by atoms with van der Waals surface area (Å²) in [7, 11) is 4.11. The van der Waals surface area contributed by atoms with Gasteiger partial charge in [0.25, 0.3) is 0 Å². The van der Waals surface area contributed by atoms with Crippen molar-refractivity contribution >= 4 is 17.8 Å². The Morgan fingerprint density at radius 1 is 1.06 bits per heavy atom. The van der Waals surface area contributed by atoms with E-state index in [-0.39, 0.29) is 12.1 Å². The van der Waals surface area contributed by atoms with Gasteiger partial charge in [0.1, 0.15) is 5.82 Å². The van der Waals surface area contributed by atoms with Crippen LogP contribution in [0.25, 0.3) is 0 Å². The highest BCUT2D eigenvalue weighted by atomic mass is 16.2. The Labute approximate surface area is 191 Å². The second-order valence-electron chi connectivity index (χ2n) is 9.50. The van der Waals surface area contributed by atoms with E-state index in [4.69, 9.17) is 15.7 Å². The summed E-state index contributed by atoms with van der Waals surface area (Å²) in [5.74, 6) is 1.79. The quantitative estimate of drug-likeness (QED) is 0.714.